The normalized spacial score (nSPS) is 18.0. The molecule has 2 rings (SSSR count). The van der Waals surface area contributed by atoms with Gasteiger partial charge in [0, 0.05) is 4.47 Å². The fraction of sp³-hybridized carbons (Fsp3) is 0.417. The molecular weight excluding hydrogens is 273 g/mol. The Kier molecular flexibility index (Phi) is 2.79. The lowest BCUT2D eigenvalue weighted by atomic mass is 9.64. The molecule has 78 valence electrons. The third-order valence-corrected chi connectivity index (χ3v) is 4.40. The van der Waals surface area contributed by atoms with Gasteiger partial charge in [0.15, 0.2) is 0 Å². The molecule has 1 aromatic carbocycles. The largest absolute Gasteiger partial charge is 0.197 e. The van der Waals surface area contributed by atoms with Crippen molar-refractivity contribution in [2.24, 2.45) is 0 Å². The predicted molar refractivity (Wildman–Crippen MR) is 65.0 cm³/mol. The number of halogens is 2. The van der Waals surface area contributed by atoms with Crippen LogP contribution in [0.15, 0.2) is 16.6 Å². The molecule has 1 aromatic rings. The van der Waals surface area contributed by atoms with Crippen molar-refractivity contribution in [3.63, 3.8) is 0 Å². The first-order valence-corrected chi connectivity index (χ1v) is 6.13. The molecule has 1 saturated carbocycles. The van der Waals surface area contributed by atoms with Gasteiger partial charge in [0.25, 0.3) is 0 Å². The molecule has 0 amide bonds. The summed E-state index contributed by atoms with van der Waals surface area (Å²) < 4.78 is 0.881. The van der Waals surface area contributed by atoms with Gasteiger partial charge in [0.2, 0.25) is 0 Å². The minimum Gasteiger partial charge on any atom is -0.197 e. The first-order valence-electron chi connectivity index (χ1n) is 4.96. The van der Waals surface area contributed by atoms with E-state index in [4.69, 9.17) is 11.6 Å². The summed E-state index contributed by atoms with van der Waals surface area (Å²) >= 11 is 9.42. The van der Waals surface area contributed by atoms with Crippen molar-refractivity contribution in [3.8, 4) is 6.07 Å². The summed E-state index contributed by atoms with van der Waals surface area (Å²) in [5.41, 5.74) is 1.99. The highest BCUT2D eigenvalue weighted by atomic mass is 79.9. The first-order chi connectivity index (χ1) is 7.09. The topological polar surface area (TPSA) is 23.8 Å². The molecule has 1 nitrogen and oxygen atoms in total. The zero-order valence-electron chi connectivity index (χ0n) is 8.48. The SMILES string of the molecule is Cc1cc(Cl)c(Br)cc1C1(C#N)CCC1. The van der Waals surface area contributed by atoms with Crippen LogP contribution in [0.25, 0.3) is 0 Å². The molecule has 0 heterocycles. The zero-order valence-corrected chi connectivity index (χ0v) is 10.8. The maximum absolute atomic E-state index is 9.28. The molecule has 0 spiro atoms. The van der Waals surface area contributed by atoms with E-state index in [0.29, 0.717) is 5.02 Å². The average molecular weight is 285 g/mol. The van der Waals surface area contributed by atoms with Crippen molar-refractivity contribution in [3.05, 3.63) is 32.8 Å². The summed E-state index contributed by atoms with van der Waals surface area (Å²) in [7, 11) is 0. The number of nitrogens with zero attached hydrogens (tertiary/aromatic N) is 1. The molecule has 15 heavy (non-hydrogen) atoms. The highest BCUT2D eigenvalue weighted by Crippen LogP contribution is 2.45. The van der Waals surface area contributed by atoms with E-state index in [1.807, 2.05) is 19.1 Å². The highest BCUT2D eigenvalue weighted by molar-refractivity contribution is 9.10. The molecule has 0 atom stereocenters. The summed E-state index contributed by atoms with van der Waals surface area (Å²) in [6, 6.07) is 6.38. The second-order valence-corrected chi connectivity index (χ2v) is 5.39. The molecule has 3 heteroatoms. The van der Waals surface area contributed by atoms with E-state index in [-0.39, 0.29) is 5.41 Å². The van der Waals surface area contributed by atoms with Gasteiger partial charge in [-0.25, -0.2) is 0 Å². The fourth-order valence-corrected chi connectivity index (χ4v) is 2.70. The van der Waals surface area contributed by atoms with Crippen molar-refractivity contribution in [2.45, 2.75) is 31.6 Å². The van der Waals surface area contributed by atoms with Crippen molar-refractivity contribution >= 4 is 27.5 Å². The standard InChI is InChI=1S/C12H11BrClN/c1-8-5-11(14)10(13)6-9(8)12(7-15)3-2-4-12/h5-6H,2-4H2,1H3. The summed E-state index contributed by atoms with van der Waals surface area (Å²) in [6.45, 7) is 2.02. The minimum atomic E-state index is -0.253. The number of hydrogen-bond donors (Lipinski definition) is 0. The summed E-state index contributed by atoms with van der Waals surface area (Å²) in [4.78, 5) is 0. The molecule has 1 aliphatic carbocycles. The molecule has 0 unspecified atom stereocenters. The Morgan fingerprint density at radius 2 is 2.13 bits per heavy atom. The Morgan fingerprint density at radius 3 is 2.60 bits per heavy atom. The number of nitriles is 1. The van der Waals surface area contributed by atoms with E-state index in [0.717, 1.165) is 34.9 Å². The van der Waals surface area contributed by atoms with Crippen molar-refractivity contribution in [1.29, 1.82) is 5.26 Å². The number of benzene rings is 1. The Labute approximate surface area is 103 Å². The van der Waals surface area contributed by atoms with Crippen LogP contribution in [0.2, 0.25) is 5.02 Å². The van der Waals surface area contributed by atoms with Gasteiger partial charge in [-0.15, -0.1) is 0 Å². The van der Waals surface area contributed by atoms with Crippen molar-refractivity contribution < 1.29 is 0 Å². The van der Waals surface area contributed by atoms with Crippen LogP contribution in [0.5, 0.6) is 0 Å². The van der Waals surface area contributed by atoms with Crippen molar-refractivity contribution in [2.75, 3.05) is 0 Å². The Hall–Kier alpha value is -0.520. The third-order valence-electron chi connectivity index (χ3n) is 3.20. The van der Waals surface area contributed by atoms with E-state index < -0.39 is 0 Å². The zero-order chi connectivity index (χ0) is 11.1. The molecule has 0 saturated heterocycles. The van der Waals surface area contributed by atoms with Gasteiger partial charge in [0.1, 0.15) is 0 Å². The van der Waals surface area contributed by atoms with Crippen LogP contribution < -0.4 is 0 Å². The van der Waals surface area contributed by atoms with Crippen LogP contribution in [-0.4, -0.2) is 0 Å². The van der Waals surface area contributed by atoms with Crippen LogP contribution in [0.3, 0.4) is 0 Å². The van der Waals surface area contributed by atoms with Gasteiger partial charge < -0.3 is 0 Å². The van der Waals surface area contributed by atoms with Gasteiger partial charge in [-0.05, 0) is 65.4 Å². The monoisotopic (exact) mass is 283 g/mol. The molecule has 0 bridgehead atoms. The second-order valence-electron chi connectivity index (χ2n) is 4.13. The summed E-state index contributed by atoms with van der Waals surface area (Å²) in [5.74, 6) is 0. The van der Waals surface area contributed by atoms with Crippen LogP contribution in [0.4, 0.5) is 0 Å². The molecule has 1 fully saturated rings. The average Bonchev–Trinajstić information content (AvgIpc) is 2.12. The van der Waals surface area contributed by atoms with Gasteiger partial charge >= 0.3 is 0 Å². The molecule has 0 radical (unpaired) electrons. The second kappa shape index (κ2) is 3.81. The quantitative estimate of drug-likeness (QED) is 0.752. The predicted octanol–water partition coefficient (Wildman–Crippen LogP) is 4.36. The Bertz CT molecular complexity index is 444. The molecule has 0 aliphatic heterocycles. The lowest BCUT2D eigenvalue weighted by Gasteiger charge is -2.37. The maximum atomic E-state index is 9.28. The van der Waals surface area contributed by atoms with Crippen molar-refractivity contribution in [1.82, 2.24) is 0 Å². The first kappa shape index (κ1) is 11.0. The Morgan fingerprint density at radius 1 is 1.47 bits per heavy atom. The van der Waals surface area contributed by atoms with E-state index >= 15 is 0 Å². The Balaban J connectivity index is 2.54. The van der Waals surface area contributed by atoms with Gasteiger partial charge in [-0.3, -0.25) is 0 Å². The van der Waals surface area contributed by atoms with E-state index in [1.54, 1.807) is 0 Å². The van der Waals surface area contributed by atoms with Gasteiger partial charge in [0.05, 0.1) is 16.5 Å². The van der Waals surface area contributed by atoms with Crippen LogP contribution >= 0.6 is 27.5 Å². The van der Waals surface area contributed by atoms with Crippen LogP contribution in [0, 0.1) is 18.3 Å². The fourth-order valence-electron chi connectivity index (χ4n) is 2.13. The summed E-state index contributed by atoms with van der Waals surface area (Å²) in [6.07, 6.45) is 3.09. The van der Waals surface area contributed by atoms with Crippen LogP contribution in [0.1, 0.15) is 30.4 Å². The molecule has 0 aromatic heterocycles. The third kappa shape index (κ3) is 1.68. The van der Waals surface area contributed by atoms with Crippen LogP contribution in [-0.2, 0) is 5.41 Å². The van der Waals surface area contributed by atoms with Gasteiger partial charge in [-0.1, -0.05) is 11.6 Å². The lowest BCUT2D eigenvalue weighted by molar-refractivity contribution is 0.322. The van der Waals surface area contributed by atoms with E-state index in [2.05, 4.69) is 22.0 Å². The van der Waals surface area contributed by atoms with E-state index in [9.17, 15) is 5.26 Å². The molecule has 0 N–H and O–H groups in total. The van der Waals surface area contributed by atoms with E-state index in [1.165, 1.54) is 0 Å². The number of rotatable bonds is 1. The maximum Gasteiger partial charge on any atom is 0.0825 e. The highest BCUT2D eigenvalue weighted by Gasteiger charge is 2.40. The number of aryl methyl sites for hydroxylation is 1. The summed E-state index contributed by atoms with van der Waals surface area (Å²) in [5, 5.41) is 9.99. The number of hydrogen-bond acceptors (Lipinski definition) is 1. The van der Waals surface area contributed by atoms with Gasteiger partial charge in [-0.2, -0.15) is 5.26 Å². The minimum absolute atomic E-state index is 0.253. The smallest absolute Gasteiger partial charge is 0.0825 e. The lowest BCUT2D eigenvalue weighted by Crippen LogP contribution is -2.33. The molecule has 1 aliphatic rings. The molecular formula is C12H11BrClN.